The van der Waals surface area contributed by atoms with Crippen LogP contribution >= 0.6 is 23.2 Å². The summed E-state index contributed by atoms with van der Waals surface area (Å²) in [5.74, 6) is -3.93. The molecule has 4 aromatic carbocycles. The predicted octanol–water partition coefficient (Wildman–Crippen LogP) is 8.28. The van der Waals surface area contributed by atoms with Gasteiger partial charge in [-0.25, -0.2) is 42.8 Å². The van der Waals surface area contributed by atoms with Crippen LogP contribution in [0.3, 0.4) is 0 Å². The molecule has 0 unspecified atom stereocenters. The Hall–Kier alpha value is -3.14. The zero-order valence-electron chi connectivity index (χ0n) is 35.3. The second kappa shape index (κ2) is 17.4. The smallest absolute Gasteiger partial charge is 0.223 e. The minimum Gasteiger partial charge on any atom is -0.223 e. The van der Waals surface area contributed by atoms with Crippen molar-refractivity contribution in [3.05, 3.63) is 129 Å². The molecule has 0 spiro atoms. The van der Waals surface area contributed by atoms with E-state index in [1.54, 1.807) is 0 Å². The van der Waals surface area contributed by atoms with Crippen molar-refractivity contribution in [2.75, 3.05) is 18.8 Å². The van der Waals surface area contributed by atoms with Gasteiger partial charge < -0.3 is 0 Å². The van der Waals surface area contributed by atoms with Crippen LogP contribution in [0.1, 0.15) is 75.3 Å². The molecule has 6 aliphatic rings. The second-order valence-corrected chi connectivity index (χ2v) is 27.5. The summed E-state index contributed by atoms with van der Waals surface area (Å²) in [6.45, 7) is 0.367. The van der Waals surface area contributed by atoms with Gasteiger partial charge in [-0.05, 0) is 167 Å². The van der Waals surface area contributed by atoms with Gasteiger partial charge in [-0.15, -0.1) is 0 Å². The molecule has 4 saturated carbocycles. The monoisotopic (exact) mass is 1030 g/mol. The van der Waals surface area contributed by atoms with Gasteiger partial charge in [-0.2, -0.15) is 21.8 Å². The van der Waals surface area contributed by atoms with E-state index in [0.717, 1.165) is 62.1 Å². The van der Waals surface area contributed by atoms with Crippen molar-refractivity contribution < 1.29 is 51.2 Å². The molecule has 2 saturated heterocycles. The molecule has 0 aromatic heterocycles. The van der Waals surface area contributed by atoms with Crippen molar-refractivity contribution in [2.24, 2.45) is 17.8 Å². The SMILES string of the molecule is O=S1(=O)C[C@H]2CC[C@@](c3cc(F)ccc3F)(S(=O)(=O)c3ccc(Cl)cc3)C[C@H]2CN1C1CC1.O=S1(=O)N[C@@H]2CC[C@](c3cc(F)ccc3F)(S(=O)(=O)c3ccc(Cl)cc3)C[C@@H]2CN1C1CC1. The van der Waals surface area contributed by atoms with E-state index in [0.29, 0.717) is 16.5 Å². The largest absolute Gasteiger partial charge is 0.279 e. The fourth-order valence-corrected chi connectivity index (χ4v) is 19.6. The normalized spacial score (nSPS) is 30.0. The first-order valence-corrected chi connectivity index (χ1v) is 28.5. The van der Waals surface area contributed by atoms with Crippen LogP contribution in [0.5, 0.6) is 0 Å². The van der Waals surface area contributed by atoms with E-state index in [9.17, 15) is 42.5 Å². The van der Waals surface area contributed by atoms with Gasteiger partial charge in [0, 0.05) is 52.4 Å². The van der Waals surface area contributed by atoms with Gasteiger partial charge >= 0.3 is 0 Å². The highest BCUT2D eigenvalue weighted by molar-refractivity contribution is 7.92. The van der Waals surface area contributed by atoms with E-state index in [1.165, 1.54) is 57.1 Å². The first kappa shape index (κ1) is 47.9. The Morgan fingerprint density at radius 2 is 1.00 bits per heavy atom. The van der Waals surface area contributed by atoms with Gasteiger partial charge in [-0.1, -0.05) is 23.2 Å². The molecule has 4 aliphatic carbocycles. The van der Waals surface area contributed by atoms with Gasteiger partial charge in [0.25, 0.3) is 10.2 Å². The average Bonchev–Trinajstić information content (AvgIpc) is 4.21. The first-order valence-electron chi connectivity index (χ1n) is 21.8. The molecule has 11 nitrogen and oxygen atoms in total. The molecule has 6 fully saturated rings. The highest BCUT2D eigenvalue weighted by atomic mass is 35.5. The number of halogens is 6. The number of sulfone groups is 2. The van der Waals surface area contributed by atoms with Gasteiger partial charge in [0.2, 0.25) is 10.0 Å². The molecular weight excluding hydrogens is 986 g/mol. The molecule has 356 valence electrons. The summed E-state index contributed by atoms with van der Waals surface area (Å²) in [6, 6.07) is 16.4. The lowest BCUT2D eigenvalue weighted by Crippen LogP contribution is -2.61. The van der Waals surface area contributed by atoms with Crippen molar-refractivity contribution in [3.63, 3.8) is 0 Å². The Morgan fingerprint density at radius 3 is 1.48 bits per heavy atom. The Labute approximate surface area is 392 Å². The van der Waals surface area contributed by atoms with Crippen LogP contribution in [0.4, 0.5) is 17.6 Å². The van der Waals surface area contributed by atoms with E-state index in [4.69, 9.17) is 23.2 Å². The third kappa shape index (κ3) is 8.64. The van der Waals surface area contributed by atoms with E-state index >= 15 is 8.78 Å². The molecular formula is C45H47Cl2F4N3O8S4. The Balaban J connectivity index is 0.000000166. The fraction of sp³-hybridized carbons (Fsp3) is 0.467. The van der Waals surface area contributed by atoms with Crippen molar-refractivity contribution in [2.45, 2.75) is 102 Å². The maximum atomic E-state index is 15.1. The van der Waals surface area contributed by atoms with Crippen molar-refractivity contribution in [1.29, 1.82) is 0 Å². The summed E-state index contributed by atoms with van der Waals surface area (Å²) in [4.78, 5) is -0.0547. The highest BCUT2D eigenvalue weighted by Gasteiger charge is 2.58. The summed E-state index contributed by atoms with van der Waals surface area (Å²) in [7, 11) is -15.4. The number of nitrogens with zero attached hydrogens (tertiary/aromatic N) is 2. The summed E-state index contributed by atoms with van der Waals surface area (Å²) < 4.78 is 168. The lowest BCUT2D eigenvalue weighted by molar-refractivity contribution is 0.155. The first-order chi connectivity index (χ1) is 31.1. The zero-order valence-corrected chi connectivity index (χ0v) is 40.1. The molecule has 2 heterocycles. The third-order valence-corrected chi connectivity index (χ3v) is 23.6. The van der Waals surface area contributed by atoms with Crippen LogP contribution in [0.15, 0.2) is 94.7 Å². The maximum absolute atomic E-state index is 15.1. The van der Waals surface area contributed by atoms with Gasteiger partial charge in [0.05, 0.1) is 15.5 Å². The average molecular weight is 1030 g/mol. The van der Waals surface area contributed by atoms with E-state index in [2.05, 4.69) is 4.72 Å². The molecule has 0 amide bonds. The van der Waals surface area contributed by atoms with Crippen LogP contribution in [0, 0.1) is 41.0 Å². The highest BCUT2D eigenvalue weighted by Crippen LogP contribution is 2.55. The van der Waals surface area contributed by atoms with Crippen molar-refractivity contribution in [3.8, 4) is 0 Å². The molecule has 10 rings (SSSR count). The fourth-order valence-electron chi connectivity index (χ4n) is 10.8. The molecule has 2 aliphatic heterocycles. The van der Waals surface area contributed by atoms with Crippen LogP contribution in [0.2, 0.25) is 10.0 Å². The summed E-state index contributed by atoms with van der Waals surface area (Å²) in [6.07, 6.45) is 3.54. The summed E-state index contributed by atoms with van der Waals surface area (Å²) >= 11 is 11.9. The summed E-state index contributed by atoms with van der Waals surface area (Å²) in [5.41, 5.74) is -0.412. The number of hydrogen-bond donors (Lipinski definition) is 1. The van der Waals surface area contributed by atoms with Gasteiger partial charge in [0.1, 0.15) is 32.8 Å². The topological polar surface area (TPSA) is 155 Å². The van der Waals surface area contributed by atoms with Crippen LogP contribution in [0.25, 0.3) is 0 Å². The standard InChI is InChI=1S/C23H24ClF2NO4S2.C22H23ClF2N2O4S2/c24-17-1-6-20(7-2-17)33(30,31)23(21-11-18(25)3-8-22(21)26)10-9-15-14-32(28,29)27(19-4-5-19)13-16(15)12-23;23-15-1-6-18(7-2-15)32(28,29)22(19-11-16(24)3-8-20(19)25)10-9-21-14(12-22)13-27(17-4-5-17)33(30,31)26-21/h1-3,6-8,11,15-16,19H,4-5,9-10,12-14H2;1-3,6-8,11,14,17,21,26H,4-5,9-10,12-13H2/t15-,16+,23-;14-,21-,22+/m11/s1. The van der Waals surface area contributed by atoms with Crippen LogP contribution in [-0.2, 0) is 49.4 Å². The molecule has 21 heteroatoms. The lowest BCUT2D eigenvalue weighted by atomic mass is 9.71. The quantitative estimate of drug-likeness (QED) is 0.173. The molecule has 0 radical (unpaired) electrons. The van der Waals surface area contributed by atoms with Crippen LogP contribution in [-0.4, -0.2) is 79.2 Å². The van der Waals surface area contributed by atoms with E-state index in [1.807, 2.05) is 0 Å². The number of fused-ring (bicyclic) bond motifs is 2. The van der Waals surface area contributed by atoms with E-state index in [-0.39, 0.29) is 102 Å². The second-order valence-electron chi connectivity index (χ2n) is 18.5. The number of nitrogens with one attached hydrogen (secondary N) is 1. The van der Waals surface area contributed by atoms with Gasteiger partial charge in [-0.3, -0.25) is 0 Å². The number of sulfonamides is 1. The molecule has 0 bridgehead atoms. The lowest BCUT2D eigenvalue weighted by Gasteiger charge is -2.48. The molecule has 4 aromatic rings. The Bertz CT molecular complexity index is 2800. The van der Waals surface area contributed by atoms with Crippen molar-refractivity contribution in [1.82, 2.24) is 13.3 Å². The number of hydrogen-bond acceptors (Lipinski definition) is 8. The Kier molecular flexibility index (Phi) is 12.6. The third-order valence-electron chi connectivity index (χ3n) is 14.4. The molecule has 6 atom stereocenters. The number of benzene rings is 4. The Morgan fingerprint density at radius 1 is 0.561 bits per heavy atom. The molecule has 66 heavy (non-hydrogen) atoms. The minimum absolute atomic E-state index is 0.0123. The molecule has 1 N–H and O–H groups in total. The summed E-state index contributed by atoms with van der Waals surface area (Å²) in [5, 5.41) is 0.714. The van der Waals surface area contributed by atoms with E-state index < -0.39 is 78.7 Å². The van der Waals surface area contributed by atoms with Gasteiger partial charge in [0.15, 0.2) is 19.7 Å². The van der Waals surface area contributed by atoms with Crippen molar-refractivity contribution >= 4 is 63.1 Å². The maximum Gasteiger partial charge on any atom is 0.279 e. The zero-order chi connectivity index (χ0) is 47.2. The predicted molar refractivity (Wildman–Crippen MR) is 241 cm³/mol. The number of rotatable bonds is 8. The van der Waals surface area contributed by atoms with Crippen LogP contribution < -0.4 is 4.72 Å². The minimum atomic E-state index is -4.20.